The fraction of sp³-hybridized carbons (Fsp3) is 0.500. The van der Waals surface area contributed by atoms with Crippen molar-refractivity contribution in [3.63, 3.8) is 0 Å². The summed E-state index contributed by atoms with van der Waals surface area (Å²) in [5.74, 6) is 0.487. The van der Waals surface area contributed by atoms with E-state index in [0.717, 1.165) is 17.3 Å². The first-order valence-electron chi connectivity index (χ1n) is 6.49. The van der Waals surface area contributed by atoms with Crippen molar-refractivity contribution in [3.8, 4) is 5.75 Å². The van der Waals surface area contributed by atoms with Crippen molar-refractivity contribution in [3.05, 3.63) is 28.2 Å². The van der Waals surface area contributed by atoms with Gasteiger partial charge in [0.2, 0.25) is 0 Å². The quantitative estimate of drug-likeness (QED) is 0.756. The van der Waals surface area contributed by atoms with Gasteiger partial charge in [0.15, 0.2) is 0 Å². The zero-order chi connectivity index (χ0) is 14.3. The Hall–Kier alpha value is -1.07. The predicted molar refractivity (Wildman–Crippen MR) is 80.5 cm³/mol. The number of rotatable bonds is 7. The molecule has 0 unspecified atom stereocenters. The van der Waals surface area contributed by atoms with Gasteiger partial charge in [0.1, 0.15) is 5.75 Å². The Kier molecular flexibility index (Phi) is 6.87. The van der Waals surface area contributed by atoms with Crippen LogP contribution in [-0.4, -0.2) is 25.1 Å². The Labute approximate surface area is 122 Å². The number of hydrogen-bond donors (Lipinski definition) is 2. The predicted octanol–water partition coefficient (Wildman–Crippen LogP) is 2.71. The van der Waals surface area contributed by atoms with E-state index in [1.54, 1.807) is 6.07 Å². The molecule has 0 aliphatic heterocycles. The topological polar surface area (TPSA) is 64.3 Å². The molecule has 0 saturated heterocycles. The van der Waals surface area contributed by atoms with E-state index in [2.05, 4.69) is 21.2 Å². The Morgan fingerprint density at radius 3 is 2.79 bits per heavy atom. The van der Waals surface area contributed by atoms with Crippen LogP contribution in [0.5, 0.6) is 5.75 Å². The van der Waals surface area contributed by atoms with E-state index in [0.29, 0.717) is 24.4 Å². The van der Waals surface area contributed by atoms with Gasteiger partial charge in [0.25, 0.3) is 5.91 Å². The van der Waals surface area contributed by atoms with Crippen LogP contribution in [0.15, 0.2) is 22.7 Å². The van der Waals surface area contributed by atoms with Crippen LogP contribution in [0.1, 0.15) is 37.0 Å². The highest BCUT2D eigenvalue weighted by Gasteiger charge is 2.13. The maximum atomic E-state index is 12.1. The molecule has 0 aliphatic carbocycles. The third-order valence-corrected chi connectivity index (χ3v) is 2.96. The standard InChI is InChI=1S/C14H21BrN2O2/c1-10(2)19-13-9-11(15)5-6-12(13)14(18)17-8-4-3-7-16/h5-6,9-10H,3-4,7-8,16H2,1-2H3,(H,17,18). The first kappa shape index (κ1) is 16.0. The zero-order valence-corrected chi connectivity index (χ0v) is 13.0. The zero-order valence-electron chi connectivity index (χ0n) is 11.4. The van der Waals surface area contributed by atoms with Crippen molar-refractivity contribution in [1.82, 2.24) is 5.32 Å². The molecule has 0 aliphatic rings. The molecule has 4 nitrogen and oxygen atoms in total. The monoisotopic (exact) mass is 328 g/mol. The SMILES string of the molecule is CC(C)Oc1cc(Br)ccc1C(=O)NCCCCN. The summed E-state index contributed by atoms with van der Waals surface area (Å²) in [7, 11) is 0. The average Bonchev–Trinajstić information content (AvgIpc) is 2.34. The van der Waals surface area contributed by atoms with Gasteiger partial charge in [0, 0.05) is 11.0 Å². The molecule has 1 aromatic carbocycles. The van der Waals surface area contributed by atoms with Crippen molar-refractivity contribution in [2.75, 3.05) is 13.1 Å². The summed E-state index contributed by atoms with van der Waals surface area (Å²) in [4.78, 5) is 12.1. The molecule has 19 heavy (non-hydrogen) atoms. The number of unbranched alkanes of at least 4 members (excludes halogenated alkanes) is 1. The molecule has 1 amide bonds. The second-order valence-corrected chi connectivity index (χ2v) is 5.47. The van der Waals surface area contributed by atoms with Crippen LogP contribution in [0.3, 0.4) is 0 Å². The third-order valence-electron chi connectivity index (χ3n) is 2.47. The van der Waals surface area contributed by atoms with Crippen molar-refractivity contribution < 1.29 is 9.53 Å². The minimum atomic E-state index is -0.111. The van der Waals surface area contributed by atoms with Crippen LogP contribution in [-0.2, 0) is 0 Å². The molecule has 0 aromatic heterocycles. The lowest BCUT2D eigenvalue weighted by atomic mass is 10.2. The Morgan fingerprint density at radius 1 is 1.42 bits per heavy atom. The minimum absolute atomic E-state index is 0.0260. The Bertz CT molecular complexity index is 422. The summed E-state index contributed by atoms with van der Waals surface area (Å²) in [5.41, 5.74) is 5.97. The van der Waals surface area contributed by atoms with Crippen molar-refractivity contribution in [1.29, 1.82) is 0 Å². The summed E-state index contributed by atoms with van der Waals surface area (Å²) in [6.45, 7) is 5.15. The number of ether oxygens (including phenoxy) is 1. The van der Waals surface area contributed by atoms with E-state index in [1.807, 2.05) is 26.0 Å². The molecule has 3 N–H and O–H groups in total. The van der Waals surface area contributed by atoms with Crippen molar-refractivity contribution in [2.45, 2.75) is 32.8 Å². The number of carbonyl (C=O) groups is 1. The maximum absolute atomic E-state index is 12.1. The molecule has 1 rings (SSSR count). The molecular weight excluding hydrogens is 308 g/mol. The number of benzene rings is 1. The number of halogens is 1. The van der Waals surface area contributed by atoms with Gasteiger partial charge in [-0.15, -0.1) is 0 Å². The van der Waals surface area contributed by atoms with Gasteiger partial charge >= 0.3 is 0 Å². The lowest BCUT2D eigenvalue weighted by Crippen LogP contribution is -2.25. The van der Waals surface area contributed by atoms with Crippen LogP contribution in [0.4, 0.5) is 0 Å². The second-order valence-electron chi connectivity index (χ2n) is 4.56. The van der Waals surface area contributed by atoms with Crippen LogP contribution < -0.4 is 15.8 Å². The fourth-order valence-corrected chi connectivity index (χ4v) is 1.94. The van der Waals surface area contributed by atoms with Crippen molar-refractivity contribution in [2.24, 2.45) is 5.73 Å². The summed E-state index contributed by atoms with van der Waals surface area (Å²) in [6.07, 6.45) is 1.83. The first-order chi connectivity index (χ1) is 9.04. The molecule has 106 valence electrons. The van der Waals surface area contributed by atoms with E-state index in [4.69, 9.17) is 10.5 Å². The maximum Gasteiger partial charge on any atom is 0.255 e. The van der Waals surface area contributed by atoms with Crippen LogP contribution >= 0.6 is 15.9 Å². The lowest BCUT2D eigenvalue weighted by Gasteiger charge is -2.14. The summed E-state index contributed by atoms with van der Waals surface area (Å²) in [5, 5.41) is 2.88. The number of nitrogens with two attached hydrogens (primary N) is 1. The minimum Gasteiger partial charge on any atom is -0.490 e. The smallest absolute Gasteiger partial charge is 0.255 e. The molecule has 5 heteroatoms. The molecule has 0 radical (unpaired) electrons. The summed E-state index contributed by atoms with van der Waals surface area (Å²) >= 11 is 3.38. The van der Waals surface area contributed by atoms with Gasteiger partial charge in [-0.25, -0.2) is 0 Å². The van der Waals surface area contributed by atoms with Crippen LogP contribution in [0.25, 0.3) is 0 Å². The highest BCUT2D eigenvalue weighted by Crippen LogP contribution is 2.24. The molecule has 0 spiro atoms. The molecule has 0 heterocycles. The first-order valence-corrected chi connectivity index (χ1v) is 7.28. The Balaban J connectivity index is 2.72. The van der Waals surface area contributed by atoms with Crippen LogP contribution in [0, 0.1) is 0 Å². The number of carbonyl (C=O) groups excluding carboxylic acids is 1. The van der Waals surface area contributed by atoms with Gasteiger partial charge in [-0.05, 0) is 51.4 Å². The van der Waals surface area contributed by atoms with Gasteiger partial charge < -0.3 is 15.8 Å². The Morgan fingerprint density at radius 2 is 2.16 bits per heavy atom. The third kappa shape index (κ3) is 5.61. The highest BCUT2D eigenvalue weighted by atomic mass is 79.9. The average molecular weight is 329 g/mol. The molecule has 0 bridgehead atoms. The van der Waals surface area contributed by atoms with Crippen molar-refractivity contribution >= 4 is 21.8 Å². The van der Waals surface area contributed by atoms with E-state index in [9.17, 15) is 4.79 Å². The molecule has 1 aromatic rings. The van der Waals surface area contributed by atoms with Gasteiger partial charge in [-0.2, -0.15) is 0 Å². The number of nitrogens with one attached hydrogen (secondary N) is 1. The molecule has 0 atom stereocenters. The number of hydrogen-bond acceptors (Lipinski definition) is 3. The molecule has 0 saturated carbocycles. The van der Waals surface area contributed by atoms with E-state index < -0.39 is 0 Å². The second kappa shape index (κ2) is 8.17. The highest BCUT2D eigenvalue weighted by molar-refractivity contribution is 9.10. The molecular formula is C14H21BrN2O2. The van der Waals surface area contributed by atoms with E-state index >= 15 is 0 Å². The fourth-order valence-electron chi connectivity index (χ4n) is 1.60. The lowest BCUT2D eigenvalue weighted by molar-refractivity contribution is 0.0947. The van der Waals surface area contributed by atoms with Crippen LogP contribution in [0.2, 0.25) is 0 Å². The summed E-state index contributed by atoms with van der Waals surface area (Å²) in [6, 6.07) is 5.41. The molecule has 0 fully saturated rings. The van der Waals surface area contributed by atoms with Gasteiger partial charge in [-0.1, -0.05) is 15.9 Å². The van der Waals surface area contributed by atoms with E-state index in [-0.39, 0.29) is 12.0 Å². The summed E-state index contributed by atoms with van der Waals surface area (Å²) < 4.78 is 6.56. The number of amides is 1. The van der Waals surface area contributed by atoms with Gasteiger partial charge in [-0.3, -0.25) is 4.79 Å². The van der Waals surface area contributed by atoms with Gasteiger partial charge in [0.05, 0.1) is 11.7 Å². The largest absolute Gasteiger partial charge is 0.490 e. The normalized spacial score (nSPS) is 10.6. The van der Waals surface area contributed by atoms with E-state index in [1.165, 1.54) is 0 Å².